The summed E-state index contributed by atoms with van der Waals surface area (Å²) < 4.78 is 24.6. The highest BCUT2D eigenvalue weighted by atomic mass is 19.1. The Morgan fingerprint density at radius 2 is 1.61 bits per heavy atom. The molecule has 1 saturated carbocycles. The Labute approximate surface area is 220 Å². The third-order valence-electron chi connectivity index (χ3n) is 7.55. The molecule has 1 aliphatic carbocycles. The van der Waals surface area contributed by atoms with Gasteiger partial charge in [0.05, 0.1) is 18.1 Å². The highest BCUT2D eigenvalue weighted by Crippen LogP contribution is 2.50. The number of benzene rings is 3. The van der Waals surface area contributed by atoms with Crippen LogP contribution in [0.15, 0.2) is 59.0 Å². The second-order valence-corrected chi connectivity index (χ2v) is 10.2. The number of Topliss-reactive ketones (excluding diaryl/α,β-unsaturated/α-hetero) is 2. The van der Waals surface area contributed by atoms with Crippen molar-refractivity contribution in [2.75, 3.05) is 7.11 Å². The minimum Gasteiger partial charge on any atom is -0.469 e. The maximum absolute atomic E-state index is 13.5. The number of furan rings is 1. The molecule has 4 aromatic rings. The molecule has 0 unspecified atom stereocenters. The maximum Gasteiger partial charge on any atom is 0.312 e. The third-order valence-corrected chi connectivity index (χ3v) is 7.55. The van der Waals surface area contributed by atoms with Crippen LogP contribution in [0.1, 0.15) is 64.4 Å². The van der Waals surface area contributed by atoms with Gasteiger partial charge in [-0.25, -0.2) is 4.39 Å². The Hall–Kier alpha value is -4.06. The second-order valence-electron chi connectivity index (χ2n) is 10.2. The first-order valence-electron chi connectivity index (χ1n) is 12.8. The molecule has 1 aliphatic rings. The Kier molecular flexibility index (Phi) is 6.51. The topological polar surface area (TPSA) is 73.6 Å². The smallest absolute Gasteiger partial charge is 0.312 e. The summed E-state index contributed by atoms with van der Waals surface area (Å²) >= 11 is 0. The van der Waals surface area contributed by atoms with Gasteiger partial charge < -0.3 is 9.15 Å². The van der Waals surface area contributed by atoms with Gasteiger partial charge in [-0.05, 0) is 91.4 Å². The van der Waals surface area contributed by atoms with Crippen LogP contribution in [0.4, 0.5) is 4.39 Å². The SMILES string of the molecule is CCC(=O)c1c(-c2ccc(F)cc2)oc2ccc(-c3cc(C(=O)CC4(C(=O)OC)CC4)c(C)cc3C)cc12. The van der Waals surface area contributed by atoms with Crippen LogP contribution in [0.3, 0.4) is 0 Å². The molecule has 38 heavy (non-hydrogen) atoms. The van der Waals surface area contributed by atoms with Gasteiger partial charge in [-0.15, -0.1) is 0 Å². The third kappa shape index (κ3) is 4.44. The van der Waals surface area contributed by atoms with Crippen molar-refractivity contribution in [1.82, 2.24) is 0 Å². The molecule has 0 radical (unpaired) electrons. The molecule has 3 aromatic carbocycles. The largest absolute Gasteiger partial charge is 0.469 e. The van der Waals surface area contributed by atoms with Gasteiger partial charge in [-0.1, -0.05) is 19.1 Å². The van der Waals surface area contributed by atoms with Crippen molar-refractivity contribution in [1.29, 1.82) is 0 Å². The minimum atomic E-state index is -0.703. The van der Waals surface area contributed by atoms with Gasteiger partial charge in [0.1, 0.15) is 17.2 Å². The van der Waals surface area contributed by atoms with E-state index in [1.807, 2.05) is 44.2 Å². The first-order valence-corrected chi connectivity index (χ1v) is 12.8. The van der Waals surface area contributed by atoms with E-state index in [-0.39, 0.29) is 36.2 Å². The van der Waals surface area contributed by atoms with Crippen molar-refractivity contribution >= 4 is 28.5 Å². The monoisotopic (exact) mass is 512 g/mol. The van der Waals surface area contributed by atoms with E-state index < -0.39 is 5.41 Å². The quantitative estimate of drug-likeness (QED) is 0.179. The molecule has 0 saturated heterocycles. The summed E-state index contributed by atoms with van der Waals surface area (Å²) in [5.41, 5.74) is 5.05. The zero-order valence-electron chi connectivity index (χ0n) is 21.9. The number of ether oxygens (including phenoxy) is 1. The molecule has 0 aliphatic heterocycles. The molecule has 5 rings (SSSR count). The summed E-state index contributed by atoms with van der Waals surface area (Å²) in [5, 5.41) is 0.671. The molecule has 0 spiro atoms. The molecule has 0 bridgehead atoms. The van der Waals surface area contributed by atoms with Crippen LogP contribution in [0, 0.1) is 25.1 Å². The Bertz CT molecular complexity index is 1590. The van der Waals surface area contributed by atoms with Gasteiger partial charge in [-0.3, -0.25) is 14.4 Å². The average molecular weight is 513 g/mol. The van der Waals surface area contributed by atoms with Gasteiger partial charge in [0.15, 0.2) is 11.6 Å². The number of carbonyl (C=O) groups is 3. The van der Waals surface area contributed by atoms with E-state index in [0.29, 0.717) is 46.3 Å². The summed E-state index contributed by atoms with van der Waals surface area (Å²) in [6.07, 6.45) is 1.73. The molecular weight excluding hydrogens is 483 g/mol. The molecule has 1 heterocycles. The van der Waals surface area contributed by atoms with E-state index in [9.17, 15) is 18.8 Å². The number of methoxy groups -OCH3 is 1. The van der Waals surface area contributed by atoms with Crippen LogP contribution in [0.25, 0.3) is 33.4 Å². The van der Waals surface area contributed by atoms with Crippen LogP contribution in [0.2, 0.25) is 0 Å². The van der Waals surface area contributed by atoms with Gasteiger partial charge in [0, 0.05) is 29.4 Å². The van der Waals surface area contributed by atoms with E-state index in [1.54, 1.807) is 19.1 Å². The molecule has 6 heteroatoms. The number of ketones is 2. The summed E-state index contributed by atoms with van der Waals surface area (Å²) in [5.74, 6) is -0.440. The average Bonchev–Trinajstić information content (AvgIpc) is 3.59. The van der Waals surface area contributed by atoms with Crippen molar-refractivity contribution in [3.05, 3.63) is 82.7 Å². The summed E-state index contributed by atoms with van der Waals surface area (Å²) in [4.78, 5) is 38.6. The van der Waals surface area contributed by atoms with E-state index in [0.717, 1.165) is 22.3 Å². The van der Waals surface area contributed by atoms with Crippen LogP contribution < -0.4 is 0 Å². The van der Waals surface area contributed by atoms with Crippen LogP contribution in [-0.2, 0) is 9.53 Å². The van der Waals surface area contributed by atoms with Gasteiger partial charge in [0.25, 0.3) is 0 Å². The van der Waals surface area contributed by atoms with Crippen LogP contribution in [-0.4, -0.2) is 24.6 Å². The number of aryl methyl sites for hydroxylation is 2. The Morgan fingerprint density at radius 3 is 2.24 bits per heavy atom. The molecule has 0 amide bonds. The van der Waals surface area contributed by atoms with Crippen molar-refractivity contribution < 1.29 is 27.9 Å². The van der Waals surface area contributed by atoms with Gasteiger partial charge in [-0.2, -0.15) is 0 Å². The number of halogens is 1. The fourth-order valence-electron chi connectivity index (χ4n) is 5.21. The fraction of sp³-hybridized carbons (Fsp3) is 0.281. The van der Waals surface area contributed by atoms with E-state index in [4.69, 9.17) is 9.15 Å². The van der Waals surface area contributed by atoms with Crippen molar-refractivity contribution in [3.63, 3.8) is 0 Å². The number of fused-ring (bicyclic) bond motifs is 1. The van der Waals surface area contributed by atoms with Crippen molar-refractivity contribution in [3.8, 4) is 22.5 Å². The van der Waals surface area contributed by atoms with Crippen molar-refractivity contribution in [2.45, 2.75) is 46.5 Å². The molecule has 0 N–H and O–H groups in total. The standard InChI is InChI=1S/C32H29FO5/c1-5-26(34)29-25-15-21(8-11-28(25)38-30(29)20-6-9-22(33)10-7-20)23-16-24(19(3)14-18(23)2)27(35)17-32(12-13-32)31(36)37-4/h6-11,14-16H,5,12-13,17H2,1-4H3. The lowest BCUT2D eigenvalue weighted by molar-refractivity contribution is -0.147. The first kappa shape index (κ1) is 25.6. The highest BCUT2D eigenvalue weighted by molar-refractivity contribution is 6.13. The number of hydrogen-bond donors (Lipinski definition) is 0. The number of carbonyl (C=O) groups excluding carboxylic acids is 3. The summed E-state index contributed by atoms with van der Waals surface area (Å²) in [7, 11) is 1.35. The molecule has 194 valence electrons. The minimum absolute atomic E-state index is 0.0748. The first-order chi connectivity index (χ1) is 18.2. The molecule has 0 atom stereocenters. The molecule has 5 nitrogen and oxygen atoms in total. The Morgan fingerprint density at radius 1 is 0.921 bits per heavy atom. The molecule has 1 aromatic heterocycles. The summed E-state index contributed by atoms with van der Waals surface area (Å²) in [6, 6.07) is 15.4. The predicted molar refractivity (Wildman–Crippen MR) is 144 cm³/mol. The molecule has 1 fully saturated rings. The number of hydrogen-bond acceptors (Lipinski definition) is 5. The van der Waals surface area contributed by atoms with Gasteiger partial charge in [0.2, 0.25) is 0 Å². The van der Waals surface area contributed by atoms with Crippen molar-refractivity contribution in [2.24, 2.45) is 5.41 Å². The zero-order chi connectivity index (χ0) is 27.2. The lowest BCUT2D eigenvalue weighted by Gasteiger charge is -2.15. The normalized spacial score (nSPS) is 13.9. The van der Waals surface area contributed by atoms with E-state index in [1.165, 1.54) is 19.2 Å². The summed E-state index contributed by atoms with van der Waals surface area (Å²) in [6.45, 7) is 5.67. The second kappa shape index (κ2) is 9.67. The van der Waals surface area contributed by atoms with Crippen LogP contribution >= 0.6 is 0 Å². The Balaban J connectivity index is 1.59. The predicted octanol–water partition coefficient (Wildman–Crippen LogP) is 7.64. The molecular formula is C32H29FO5. The zero-order valence-corrected chi connectivity index (χ0v) is 21.9. The number of rotatable bonds is 8. The lowest BCUT2D eigenvalue weighted by atomic mass is 9.89. The van der Waals surface area contributed by atoms with E-state index >= 15 is 0 Å². The fourth-order valence-corrected chi connectivity index (χ4v) is 5.21. The number of esters is 1. The van der Waals surface area contributed by atoms with E-state index in [2.05, 4.69) is 0 Å². The van der Waals surface area contributed by atoms with Gasteiger partial charge >= 0.3 is 5.97 Å². The lowest BCUT2D eigenvalue weighted by Crippen LogP contribution is -2.21. The van der Waals surface area contributed by atoms with Crippen LogP contribution in [0.5, 0.6) is 0 Å². The highest BCUT2D eigenvalue weighted by Gasteiger charge is 2.52. The maximum atomic E-state index is 13.5.